The lowest BCUT2D eigenvalue weighted by atomic mass is 10.1. The van der Waals surface area contributed by atoms with Gasteiger partial charge < -0.3 is 10.1 Å². The molecule has 0 unspecified atom stereocenters. The molecule has 7 heteroatoms. The van der Waals surface area contributed by atoms with E-state index < -0.39 is 0 Å². The Kier molecular flexibility index (Phi) is 7.26. The number of imidazole rings is 1. The summed E-state index contributed by atoms with van der Waals surface area (Å²) in [6, 6.07) is 17.8. The standard InChI is InChI=1S/C24H24N4O2.ClH/c1-3-25-24(29)20-12-11-19(16-26-20)22-17(2)27-23-21(10-7-14-28(22)23)30-15-13-18-8-5-4-6-9-18;/h4-12,14,16H,3,13,15H2,1-2H3,(H,25,29);1H. The van der Waals surface area contributed by atoms with Crippen molar-refractivity contribution < 1.29 is 9.53 Å². The zero-order chi connectivity index (χ0) is 20.9. The molecule has 0 saturated heterocycles. The molecule has 6 nitrogen and oxygen atoms in total. The smallest absolute Gasteiger partial charge is 0.269 e. The van der Waals surface area contributed by atoms with Gasteiger partial charge in [0.25, 0.3) is 5.91 Å². The Morgan fingerprint density at radius 1 is 1.10 bits per heavy atom. The molecule has 0 bridgehead atoms. The van der Waals surface area contributed by atoms with Gasteiger partial charge in [-0.05, 0) is 43.7 Å². The highest BCUT2D eigenvalue weighted by atomic mass is 35.5. The number of hydrogen-bond acceptors (Lipinski definition) is 4. The van der Waals surface area contributed by atoms with Crippen LogP contribution in [0.4, 0.5) is 0 Å². The number of aryl methyl sites for hydroxylation is 1. The van der Waals surface area contributed by atoms with Crippen molar-refractivity contribution in [2.75, 3.05) is 13.2 Å². The minimum Gasteiger partial charge on any atom is -0.489 e. The first-order valence-electron chi connectivity index (χ1n) is 10.1. The first-order chi connectivity index (χ1) is 14.7. The zero-order valence-electron chi connectivity index (χ0n) is 17.5. The SMILES string of the molecule is CCNC(=O)c1ccc(-c2c(C)nc3c(OCCc4ccccc4)cccn23)cn1.Cl. The average Bonchev–Trinajstić information content (AvgIpc) is 3.11. The highest BCUT2D eigenvalue weighted by Gasteiger charge is 2.15. The largest absolute Gasteiger partial charge is 0.489 e. The number of pyridine rings is 2. The summed E-state index contributed by atoms with van der Waals surface area (Å²) in [5.74, 6) is 0.572. The Balaban J connectivity index is 0.00000272. The molecule has 0 saturated carbocycles. The monoisotopic (exact) mass is 436 g/mol. The molecular formula is C24H25ClN4O2. The number of nitrogens with zero attached hydrogens (tertiary/aromatic N) is 3. The lowest BCUT2D eigenvalue weighted by molar-refractivity contribution is 0.0951. The van der Waals surface area contributed by atoms with Crippen molar-refractivity contribution in [1.29, 1.82) is 0 Å². The second kappa shape index (κ2) is 10.1. The summed E-state index contributed by atoms with van der Waals surface area (Å²) >= 11 is 0. The minimum atomic E-state index is -0.173. The number of ether oxygens (including phenoxy) is 1. The first-order valence-corrected chi connectivity index (χ1v) is 10.1. The number of carbonyl (C=O) groups excluding carboxylic acids is 1. The van der Waals surface area contributed by atoms with Crippen LogP contribution in [0.3, 0.4) is 0 Å². The molecule has 0 aliphatic carbocycles. The molecule has 1 amide bonds. The number of aromatic nitrogens is 3. The quantitative estimate of drug-likeness (QED) is 0.463. The van der Waals surface area contributed by atoms with E-state index >= 15 is 0 Å². The molecule has 4 aromatic rings. The van der Waals surface area contributed by atoms with Crippen LogP contribution >= 0.6 is 12.4 Å². The third kappa shape index (κ3) is 4.86. The van der Waals surface area contributed by atoms with Gasteiger partial charge in [-0.25, -0.2) is 4.98 Å². The number of hydrogen-bond donors (Lipinski definition) is 1. The fraction of sp³-hybridized carbons (Fsp3) is 0.208. The van der Waals surface area contributed by atoms with Crippen LogP contribution in [0.2, 0.25) is 0 Å². The van der Waals surface area contributed by atoms with Gasteiger partial charge in [0.1, 0.15) is 5.69 Å². The third-order valence-electron chi connectivity index (χ3n) is 4.89. The van der Waals surface area contributed by atoms with E-state index in [0.29, 0.717) is 18.8 Å². The van der Waals surface area contributed by atoms with Gasteiger partial charge in [0.2, 0.25) is 0 Å². The molecule has 1 N–H and O–H groups in total. The molecule has 0 fully saturated rings. The summed E-state index contributed by atoms with van der Waals surface area (Å²) < 4.78 is 8.06. The summed E-state index contributed by atoms with van der Waals surface area (Å²) in [4.78, 5) is 21.0. The van der Waals surface area contributed by atoms with Gasteiger partial charge in [0, 0.05) is 30.9 Å². The highest BCUT2D eigenvalue weighted by molar-refractivity contribution is 5.92. The molecule has 0 atom stereocenters. The van der Waals surface area contributed by atoms with Crippen molar-refractivity contribution in [1.82, 2.24) is 19.7 Å². The van der Waals surface area contributed by atoms with Crippen molar-refractivity contribution >= 4 is 24.0 Å². The maximum absolute atomic E-state index is 12.0. The van der Waals surface area contributed by atoms with E-state index in [0.717, 1.165) is 34.8 Å². The van der Waals surface area contributed by atoms with Gasteiger partial charge in [-0.3, -0.25) is 14.2 Å². The molecule has 3 heterocycles. The Labute approximate surface area is 187 Å². The van der Waals surface area contributed by atoms with Gasteiger partial charge in [-0.1, -0.05) is 30.3 Å². The van der Waals surface area contributed by atoms with Crippen molar-refractivity contribution in [3.8, 4) is 17.0 Å². The predicted molar refractivity (Wildman–Crippen MR) is 124 cm³/mol. The second-order valence-corrected chi connectivity index (χ2v) is 6.99. The normalized spacial score (nSPS) is 10.5. The van der Waals surface area contributed by atoms with Crippen LogP contribution in [-0.2, 0) is 6.42 Å². The first kappa shape index (κ1) is 22.3. The fourth-order valence-corrected chi connectivity index (χ4v) is 3.46. The van der Waals surface area contributed by atoms with E-state index in [1.54, 1.807) is 12.3 Å². The number of fused-ring (bicyclic) bond motifs is 1. The number of benzene rings is 1. The van der Waals surface area contributed by atoms with E-state index in [1.165, 1.54) is 5.56 Å². The van der Waals surface area contributed by atoms with E-state index in [1.807, 2.05) is 60.8 Å². The predicted octanol–water partition coefficient (Wildman–Crippen LogP) is 4.50. The highest BCUT2D eigenvalue weighted by Crippen LogP contribution is 2.28. The minimum absolute atomic E-state index is 0. The topological polar surface area (TPSA) is 68.5 Å². The average molecular weight is 437 g/mol. The fourth-order valence-electron chi connectivity index (χ4n) is 3.46. The lowest BCUT2D eigenvalue weighted by Crippen LogP contribution is -2.23. The van der Waals surface area contributed by atoms with Crippen LogP contribution < -0.4 is 10.1 Å². The molecule has 3 aromatic heterocycles. The molecule has 0 spiro atoms. The molecule has 160 valence electrons. The number of halogens is 1. The zero-order valence-corrected chi connectivity index (χ0v) is 18.4. The Morgan fingerprint density at radius 2 is 1.90 bits per heavy atom. The Bertz CT molecular complexity index is 1160. The second-order valence-electron chi connectivity index (χ2n) is 6.99. The maximum atomic E-state index is 12.0. The maximum Gasteiger partial charge on any atom is 0.269 e. The lowest BCUT2D eigenvalue weighted by Gasteiger charge is -2.09. The van der Waals surface area contributed by atoms with Crippen molar-refractivity contribution in [2.45, 2.75) is 20.3 Å². The molecular weight excluding hydrogens is 412 g/mol. The molecule has 4 rings (SSSR count). The van der Waals surface area contributed by atoms with Gasteiger partial charge in [-0.15, -0.1) is 12.4 Å². The van der Waals surface area contributed by atoms with E-state index in [9.17, 15) is 4.79 Å². The van der Waals surface area contributed by atoms with Crippen LogP contribution in [0.25, 0.3) is 16.9 Å². The van der Waals surface area contributed by atoms with E-state index in [-0.39, 0.29) is 18.3 Å². The van der Waals surface area contributed by atoms with Crippen molar-refractivity contribution in [3.63, 3.8) is 0 Å². The van der Waals surface area contributed by atoms with E-state index in [2.05, 4.69) is 22.4 Å². The van der Waals surface area contributed by atoms with Gasteiger partial charge in [0.15, 0.2) is 11.4 Å². The van der Waals surface area contributed by atoms with Crippen LogP contribution in [0.1, 0.15) is 28.7 Å². The van der Waals surface area contributed by atoms with Gasteiger partial charge in [0.05, 0.1) is 18.0 Å². The summed E-state index contributed by atoms with van der Waals surface area (Å²) in [7, 11) is 0. The van der Waals surface area contributed by atoms with E-state index in [4.69, 9.17) is 9.72 Å². The molecule has 0 radical (unpaired) electrons. The summed E-state index contributed by atoms with van der Waals surface area (Å²) in [6.45, 7) is 5.00. The summed E-state index contributed by atoms with van der Waals surface area (Å²) in [6.07, 6.45) is 4.51. The van der Waals surface area contributed by atoms with Crippen LogP contribution in [0, 0.1) is 6.92 Å². The van der Waals surface area contributed by atoms with Crippen LogP contribution in [0.15, 0.2) is 67.0 Å². The van der Waals surface area contributed by atoms with Crippen LogP contribution in [-0.4, -0.2) is 33.4 Å². The number of carbonyl (C=O) groups is 1. The van der Waals surface area contributed by atoms with Crippen molar-refractivity contribution in [3.05, 3.63) is 83.9 Å². The molecule has 1 aromatic carbocycles. The molecule has 0 aliphatic heterocycles. The summed E-state index contributed by atoms with van der Waals surface area (Å²) in [5, 5.41) is 2.76. The van der Waals surface area contributed by atoms with Gasteiger partial charge >= 0.3 is 0 Å². The van der Waals surface area contributed by atoms with Gasteiger partial charge in [-0.2, -0.15) is 0 Å². The van der Waals surface area contributed by atoms with Crippen LogP contribution in [0.5, 0.6) is 5.75 Å². The molecule has 0 aliphatic rings. The summed E-state index contributed by atoms with van der Waals surface area (Å²) in [5.41, 5.74) is 5.12. The number of rotatable bonds is 7. The van der Waals surface area contributed by atoms with Crippen molar-refractivity contribution in [2.24, 2.45) is 0 Å². The third-order valence-corrected chi connectivity index (χ3v) is 4.89. The number of amides is 1. The molecule has 31 heavy (non-hydrogen) atoms. The number of nitrogens with one attached hydrogen (secondary N) is 1. The Hall–Kier alpha value is -3.38. The Morgan fingerprint density at radius 3 is 2.61 bits per heavy atom.